The summed E-state index contributed by atoms with van der Waals surface area (Å²) in [6.07, 6.45) is 1.59. The Kier molecular flexibility index (Phi) is 3.93. The van der Waals surface area contributed by atoms with Gasteiger partial charge in [0, 0.05) is 6.42 Å². The molecule has 0 saturated heterocycles. The van der Waals surface area contributed by atoms with Gasteiger partial charge in [-0.15, -0.1) is 0 Å². The van der Waals surface area contributed by atoms with Crippen molar-refractivity contribution in [2.75, 3.05) is 0 Å². The molecule has 0 N–H and O–H groups in total. The Labute approximate surface area is 108 Å². The predicted octanol–water partition coefficient (Wildman–Crippen LogP) is 4.05. The molecule has 2 aromatic rings. The number of Topliss-reactive ketones (excluding diaryl/α,β-unsaturated/α-hetero) is 1. The van der Waals surface area contributed by atoms with Gasteiger partial charge in [-0.05, 0) is 35.6 Å². The van der Waals surface area contributed by atoms with Gasteiger partial charge in [0.05, 0.1) is 0 Å². The first-order valence-electron chi connectivity index (χ1n) is 6.36. The van der Waals surface area contributed by atoms with Crippen molar-refractivity contribution in [1.82, 2.24) is 0 Å². The molecule has 0 spiro atoms. The first-order chi connectivity index (χ1) is 8.69. The summed E-state index contributed by atoms with van der Waals surface area (Å²) in [5, 5.41) is 0. The summed E-state index contributed by atoms with van der Waals surface area (Å²) >= 11 is 0. The van der Waals surface area contributed by atoms with Gasteiger partial charge in [-0.25, -0.2) is 0 Å². The number of rotatable bonds is 4. The van der Waals surface area contributed by atoms with Gasteiger partial charge in [-0.1, -0.05) is 55.5 Å². The van der Waals surface area contributed by atoms with Crippen molar-refractivity contribution in [3.05, 3.63) is 59.7 Å². The van der Waals surface area contributed by atoms with Gasteiger partial charge in [0.1, 0.15) is 5.78 Å². The lowest BCUT2D eigenvalue weighted by Crippen LogP contribution is -1.95. The number of carbonyl (C=O) groups is 1. The Hall–Kier alpha value is -1.89. The highest BCUT2D eigenvalue weighted by Crippen LogP contribution is 2.20. The van der Waals surface area contributed by atoms with E-state index in [9.17, 15) is 4.79 Å². The molecule has 2 aromatic carbocycles. The van der Waals surface area contributed by atoms with E-state index in [0.717, 1.165) is 12.0 Å². The highest BCUT2D eigenvalue weighted by molar-refractivity contribution is 5.78. The summed E-state index contributed by atoms with van der Waals surface area (Å²) in [7, 11) is 0. The SMILES string of the molecule is CCc1ccc(-c2ccc(CC(C)=O)cc2)cc1. The van der Waals surface area contributed by atoms with E-state index in [4.69, 9.17) is 0 Å². The fraction of sp³-hybridized carbons (Fsp3) is 0.235. The molecule has 1 heteroatoms. The highest BCUT2D eigenvalue weighted by atomic mass is 16.1. The number of aryl methyl sites for hydroxylation is 1. The van der Waals surface area contributed by atoms with E-state index >= 15 is 0 Å². The van der Waals surface area contributed by atoms with Gasteiger partial charge in [-0.3, -0.25) is 4.79 Å². The van der Waals surface area contributed by atoms with E-state index in [1.54, 1.807) is 6.92 Å². The zero-order valence-corrected chi connectivity index (χ0v) is 10.9. The highest BCUT2D eigenvalue weighted by Gasteiger charge is 2.00. The quantitative estimate of drug-likeness (QED) is 0.785. The molecule has 0 aliphatic rings. The van der Waals surface area contributed by atoms with E-state index in [-0.39, 0.29) is 5.78 Å². The minimum atomic E-state index is 0.204. The van der Waals surface area contributed by atoms with Crippen LogP contribution < -0.4 is 0 Å². The fourth-order valence-corrected chi connectivity index (χ4v) is 2.04. The fourth-order valence-electron chi connectivity index (χ4n) is 2.04. The molecule has 0 unspecified atom stereocenters. The molecule has 0 bridgehead atoms. The number of ketones is 1. The van der Waals surface area contributed by atoms with Crippen molar-refractivity contribution < 1.29 is 4.79 Å². The summed E-state index contributed by atoms with van der Waals surface area (Å²) in [4.78, 5) is 11.0. The zero-order chi connectivity index (χ0) is 13.0. The second-order valence-corrected chi connectivity index (χ2v) is 4.63. The largest absolute Gasteiger partial charge is 0.300 e. The zero-order valence-electron chi connectivity index (χ0n) is 10.9. The van der Waals surface area contributed by atoms with Crippen LogP contribution in [0.5, 0.6) is 0 Å². The van der Waals surface area contributed by atoms with Gasteiger partial charge in [0.15, 0.2) is 0 Å². The number of carbonyl (C=O) groups excluding carboxylic acids is 1. The maximum Gasteiger partial charge on any atom is 0.134 e. The third-order valence-electron chi connectivity index (χ3n) is 3.10. The lowest BCUT2D eigenvalue weighted by molar-refractivity contribution is -0.116. The van der Waals surface area contributed by atoms with Gasteiger partial charge in [0.2, 0.25) is 0 Å². The molecule has 1 nitrogen and oxygen atoms in total. The van der Waals surface area contributed by atoms with E-state index in [1.807, 2.05) is 12.1 Å². The van der Waals surface area contributed by atoms with E-state index in [2.05, 4.69) is 43.3 Å². The van der Waals surface area contributed by atoms with Gasteiger partial charge in [-0.2, -0.15) is 0 Å². The maximum absolute atomic E-state index is 11.0. The molecular formula is C17H18O. The third-order valence-corrected chi connectivity index (χ3v) is 3.10. The molecule has 0 aliphatic carbocycles. The summed E-state index contributed by atoms with van der Waals surface area (Å²) in [5.74, 6) is 0.204. The molecule has 18 heavy (non-hydrogen) atoms. The smallest absolute Gasteiger partial charge is 0.134 e. The lowest BCUT2D eigenvalue weighted by atomic mass is 10.0. The summed E-state index contributed by atoms with van der Waals surface area (Å²) < 4.78 is 0. The summed E-state index contributed by atoms with van der Waals surface area (Å²) in [5.41, 5.74) is 4.86. The van der Waals surface area contributed by atoms with Crippen molar-refractivity contribution in [1.29, 1.82) is 0 Å². The lowest BCUT2D eigenvalue weighted by Gasteiger charge is -2.04. The third kappa shape index (κ3) is 3.07. The molecule has 0 heterocycles. The van der Waals surface area contributed by atoms with Crippen molar-refractivity contribution in [2.24, 2.45) is 0 Å². The van der Waals surface area contributed by atoms with Crippen molar-refractivity contribution >= 4 is 5.78 Å². The molecule has 0 saturated carbocycles. The normalized spacial score (nSPS) is 10.3. The van der Waals surface area contributed by atoms with E-state index in [1.165, 1.54) is 16.7 Å². The van der Waals surface area contributed by atoms with Crippen LogP contribution in [0.4, 0.5) is 0 Å². The van der Waals surface area contributed by atoms with E-state index in [0.29, 0.717) is 6.42 Å². The van der Waals surface area contributed by atoms with Crippen LogP contribution in [-0.4, -0.2) is 5.78 Å². The van der Waals surface area contributed by atoms with Crippen molar-refractivity contribution in [3.8, 4) is 11.1 Å². The summed E-state index contributed by atoms with van der Waals surface area (Å²) in [6.45, 7) is 3.78. The molecular weight excluding hydrogens is 220 g/mol. The van der Waals surface area contributed by atoms with Crippen LogP contribution in [0.3, 0.4) is 0 Å². The number of hydrogen-bond donors (Lipinski definition) is 0. The number of hydrogen-bond acceptors (Lipinski definition) is 1. The topological polar surface area (TPSA) is 17.1 Å². The van der Waals surface area contributed by atoms with Crippen LogP contribution in [-0.2, 0) is 17.6 Å². The molecule has 0 fully saturated rings. The maximum atomic E-state index is 11.0. The van der Waals surface area contributed by atoms with Gasteiger partial charge in [0.25, 0.3) is 0 Å². The average molecular weight is 238 g/mol. The molecule has 2 rings (SSSR count). The second-order valence-electron chi connectivity index (χ2n) is 4.63. The minimum Gasteiger partial charge on any atom is -0.300 e. The molecule has 0 atom stereocenters. The van der Waals surface area contributed by atoms with Crippen molar-refractivity contribution in [3.63, 3.8) is 0 Å². The Bertz CT molecular complexity index is 521. The monoisotopic (exact) mass is 238 g/mol. The van der Waals surface area contributed by atoms with Crippen molar-refractivity contribution in [2.45, 2.75) is 26.7 Å². The van der Waals surface area contributed by atoms with Crippen LogP contribution in [0.2, 0.25) is 0 Å². The number of benzene rings is 2. The second kappa shape index (κ2) is 5.63. The van der Waals surface area contributed by atoms with Crippen LogP contribution >= 0.6 is 0 Å². The summed E-state index contributed by atoms with van der Waals surface area (Å²) in [6, 6.07) is 16.9. The molecule has 0 amide bonds. The predicted molar refractivity (Wildman–Crippen MR) is 75.6 cm³/mol. The van der Waals surface area contributed by atoms with Crippen LogP contribution in [0.25, 0.3) is 11.1 Å². The van der Waals surface area contributed by atoms with E-state index < -0.39 is 0 Å². The molecule has 0 radical (unpaired) electrons. The standard InChI is InChI=1S/C17H18O/c1-3-14-4-8-16(9-5-14)17-10-6-15(7-11-17)12-13(2)18/h4-11H,3,12H2,1-2H3. The first-order valence-corrected chi connectivity index (χ1v) is 6.36. The molecule has 0 aromatic heterocycles. The first kappa shape index (κ1) is 12.6. The van der Waals surface area contributed by atoms with Crippen LogP contribution in [0.15, 0.2) is 48.5 Å². The van der Waals surface area contributed by atoms with Gasteiger partial charge < -0.3 is 0 Å². The Morgan fingerprint density at radius 3 is 1.67 bits per heavy atom. The Morgan fingerprint density at radius 1 is 0.833 bits per heavy atom. The van der Waals surface area contributed by atoms with Crippen LogP contribution in [0, 0.1) is 0 Å². The molecule has 0 aliphatic heterocycles. The Morgan fingerprint density at radius 2 is 1.28 bits per heavy atom. The van der Waals surface area contributed by atoms with Crippen LogP contribution in [0.1, 0.15) is 25.0 Å². The Balaban J connectivity index is 2.20. The minimum absolute atomic E-state index is 0.204. The molecule has 92 valence electrons. The van der Waals surface area contributed by atoms with Gasteiger partial charge >= 0.3 is 0 Å². The average Bonchev–Trinajstić information content (AvgIpc) is 2.39.